The molecule has 2 aromatic carbocycles. The Morgan fingerprint density at radius 3 is 2.71 bits per heavy atom. The number of anilines is 1. The number of hydrogen-bond acceptors (Lipinski definition) is 4. The summed E-state index contributed by atoms with van der Waals surface area (Å²) in [6, 6.07) is 10.5. The minimum atomic E-state index is -3.34. The normalized spacial score (nSPS) is 11.9. The van der Waals surface area contributed by atoms with Crippen molar-refractivity contribution in [3.8, 4) is 11.4 Å². The summed E-state index contributed by atoms with van der Waals surface area (Å²) in [7, 11) is -3.34. The molecule has 0 saturated carbocycles. The van der Waals surface area contributed by atoms with E-state index >= 15 is 0 Å². The van der Waals surface area contributed by atoms with Crippen molar-refractivity contribution < 1.29 is 8.42 Å². The summed E-state index contributed by atoms with van der Waals surface area (Å²) in [4.78, 5) is 7.74. The van der Waals surface area contributed by atoms with Gasteiger partial charge in [0.15, 0.2) is 9.84 Å². The lowest BCUT2D eigenvalue weighted by Crippen LogP contribution is -1.97. The Morgan fingerprint density at radius 1 is 1.24 bits per heavy atom. The molecule has 0 saturated heterocycles. The Bertz CT molecular complexity index is 948. The molecule has 0 aliphatic rings. The highest BCUT2D eigenvalue weighted by molar-refractivity contribution is 9.10. The molecule has 3 rings (SSSR count). The van der Waals surface area contributed by atoms with Gasteiger partial charge >= 0.3 is 0 Å². The molecule has 1 aromatic heterocycles. The van der Waals surface area contributed by atoms with Gasteiger partial charge in [0, 0.05) is 22.0 Å². The molecule has 0 aliphatic carbocycles. The first-order chi connectivity index (χ1) is 9.86. The number of aromatic amines is 1. The van der Waals surface area contributed by atoms with Crippen molar-refractivity contribution in [1.29, 1.82) is 0 Å². The summed E-state index contributed by atoms with van der Waals surface area (Å²) in [6.07, 6.45) is 1.17. The molecule has 21 heavy (non-hydrogen) atoms. The Labute approximate surface area is 130 Å². The van der Waals surface area contributed by atoms with Crippen LogP contribution < -0.4 is 5.73 Å². The number of H-pyrrole nitrogens is 1. The van der Waals surface area contributed by atoms with Gasteiger partial charge in [0.25, 0.3) is 0 Å². The molecule has 0 fully saturated rings. The van der Waals surface area contributed by atoms with Crippen LogP contribution in [0, 0.1) is 0 Å². The first-order valence-electron chi connectivity index (χ1n) is 6.10. The van der Waals surface area contributed by atoms with E-state index in [1.54, 1.807) is 24.3 Å². The first-order valence-corrected chi connectivity index (χ1v) is 8.79. The van der Waals surface area contributed by atoms with Gasteiger partial charge in [-0.1, -0.05) is 22.0 Å². The molecule has 0 bridgehead atoms. The van der Waals surface area contributed by atoms with Crippen molar-refractivity contribution >= 4 is 42.5 Å². The third-order valence-corrected chi connectivity index (χ3v) is 4.77. The van der Waals surface area contributed by atoms with Crippen LogP contribution >= 0.6 is 15.9 Å². The average molecular weight is 366 g/mol. The highest BCUT2D eigenvalue weighted by Gasteiger charge is 2.16. The topological polar surface area (TPSA) is 88.8 Å². The number of sulfone groups is 1. The van der Waals surface area contributed by atoms with Gasteiger partial charge in [-0.25, -0.2) is 13.4 Å². The standard InChI is InChI=1S/C14H12BrN3O2S/c1-21(19,20)12-4-2-3-11-13(12)18-14(17-11)9-7-8(15)5-6-10(9)16/h2-7H,16H2,1H3,(H,17,18). The minimum absolute atomic E-state index is 0.205. The molecule has 0 radical (unpaired) electrons. The maximum Gasteiger partial charge on any atom is 0.177 e. The number of benzene rings is 2. The second kappa shape index (κ2) is 4.85. The zero-order valence-electron chi connectivity index (χ0n) is 11.1. The Kier molecular flexibility index (Phi) is 3.26. The summed E-state index contributed by atoms with van der Waals surface area (Å²) in [5.74, 6) is 0.542. The van der Waals surface area contributed by atoms with Gasteiger partial charge < -0.3 is 10.7 Å². The summed E-state index contributed by atoms with van der Waals surface area (Å²) in [5, 5.41) is 0. The molecule has 0 spiro atoms. The summed E-state index contributed by atoms with van der Waals surface area (Å²) in [5.41, 5.74) is 8.34. The quantitative estimate of drug-likeness (QED) is 0.683. The zero-order valence-corrected chi connectivity index (χ0v) is 13.5. The van der Waals surface area contributed by atoms with E-state index in [2.05, 4.69) is 25.9 Å². The Hall–Kier alpha value is -1.86. The summed E-state index contributed by atoms with van der Waals surface area (Å²) < 4.78 is 24.5. The average Bonchev–Trinajstić information content (AvgIpc) is 2.83. The van der Waals surface area contributed by atoms with Crippen LogP contribution in [0.25, 0.3) is 22.4 Å². The fourth-order valence-electron chi connectivity index (χ4n) is 2.17. The van der Waals surface area contributed by atoms with E-state index in [1.165, 1.54) is 6.26 Å². The highest BCUT2D eigenvalue weighted by Crippen LogP contribution is 2.30. The maximum absolute atomic E-state index is 11.8. The van der Waals surface area contributed by atoms with E-state index in [-0.39, 0.29) is 4.90 Å². The lowest BCUT2D eigenvalue weighted by atomic mass is 10.2. The lowest BCUT2D eigenvalue weighted by Gasteiger charge is -2.02. The number of para-hydroxylation sites is 1. The van der Waals surface area contributed by atoms with Crippen LogP contribution in [-0.4, -0.2) is 24.6 Å². The highest BCUT2D eigenvalue weighted by atomic mass is 79.9. The van der Waals surface area contributed by atoms with Gasteiger partial charge in [0.1, 0.15) is 11.3 Å². The van der Waals surface area contributed by atoms with Crippen LogP contribution in [0.4, 0.5) is 5.69 Å². The molecule has 0 aliphatic heterocycles. The molecule has 5 nitrogen and oxygen atoms in total. The number of nitrogens with two attached hydrogens (primary N) is 1. The van der Waals surface area contributed by atoms with E-state index in [0.29, 0.717) is 22.5 Å². The number of hydrogen-bond donors (Lipinski definition) is 2. The van der Waals surface area contributed by atoms with Crippen LogP contribution in [0.1, 0.15) is 0 Å². The molecule has 1 heterocycles. The van der Waals surface area contributed by atoms with Crippen molar-refractivity contribution in [2.45, 2.75) is 4.90 Å². The molecule has 3 N–H and O–H groups in total. The minimum Gasteiger partial charge on any atom is -0.398 e. The van der Waals surface area contributed by atoms with Gasteiger partial charge in [-0.15, -0.1) is 0 Å². The second-order valence-electron chi connectivity index (χ2n) is 4.74. The molecular formula is C14H12BrN3O2S. The fourth-order valence-corrected chi connectivity index (χ4v) is 3.36. The number of halogens is 1. The van der Waals surface area contributed by atoms with E-state index in [1.807, 2.05) is 12.1 Å². The van der Waals surface area contributed by atoms with Crippen molar-refractivity contribution in [3.63, 3.8) is 0 Å². The Morgan fingerprint density at radius 2 is 2.00 bits per heavy atom. The number of nitrogens with one attached hydrogen (secondary N) is 1. The van der Waals surface area contributed by atoms with E-state index in [0.717, 1.165) is 10.0 Å². The predicted molar refractivity (Wildman–Crippen MR) is 86.8 cm³/mol. The van der Waals surface area contributed by atoms with Gasteiger partial charge in [-0.3, -0.25) is 0 Å². The van der Waals surface area contributed by atoms with Crippen LogP contribution in [0.5, 0.6) is 0 Å². The number of nitrogens with zero attached hydrogens (tertiary/aromatic N) is 1. The van der Waals surface area contributed by atoms with E-state index in [4.69, 9.17) is 5.73 Å². The van der Waals surface area contributed by atoms with Crippen LogP contribution in [-0.2, 0) is 9.84 Å². The van der Waals surface area contributed by atoms with Crippen molar-refractivity contribution in [3.05, 3.63) is 40.9 Å². The van der Waals surface area contributed by atoms with Gasteiger partial charge in [0.05, 0.1) is 10.4 Å². The SMILES string of the molecule is CS(=O)(=O)c1cccc2[nH]c(-c3cc(Br)ccc3N)nc12. The molecular weight excluding hydrogens is 354 g/mol. The molecule has 0 unspecified atom stereocenters. The Balaban J connectivity index is 2.30. The monoisotopic (exact) mass is 365 g/mol. The number of fused-ring (bicyclic) bond motifs is 1. The third kappa shape index (κ3) is 2.54. The van der Waals surface area contributed by atoms with Crippen LogP contribution in [0.2, 0.25) is 0 Å². The molecule has 0 atom stereocenters. The number of imidazole rings is 1. The first kappa shape index (κ1) is 14.1. The zero-order chi connectivity index (χ0) is 15.2. The van der Waals surface area contributed by atoms with E-state index < -0.39 is 9.84 Å². The largest absolute Gasteiger partial charge is 0.398 e. The van der Waals surface area contributed by atoms with Crippen molar-refractivity contribution in [2.24, 2.45) is 0 Å². The molecule has 0 amide bonds. The van der Waals surface area contributed by atoms with Crippen LogP contribution in [0.3, 0.4) is 0 Å². The smallest absolute Gasteiger partial charge is 0.177 e. The molecule has 108 valence electrons. The van der Waals surface area contributed by atoms with Crippen molar-refractivity contribution in [2.75, 3.05) is 12.0 Å². The molecule has 7 heteroatoms. The third-order valence-electron chi connectivity index (χ3n) is 3.15. The molecule has 3 aromatic rings. The van der Waals surface area contributed by atoms with E-state index in [9.17, 15) is 8.42 Å². The fraction of sp³-hybridized carbons (Fsp3) is 0.0714. The van der Waals surface area contributed by atoms with Gasteiger partial charge in [0.2, 0.25) is 0 Å². The summed E-state index contributed by atoms with van der Waals surface area (Å²) >= 11 is 3.39. The van der Waals surface area contributed by atoms with Gasteiger partial charge in [-0.05, 0) is 30.3 Å². The van der Waals surface area contributed by atoms with Crippen LogP contribution in [0.15, 0.2) is 45.8 Å². The maximum atomic E-state index is 11.8. The lowest BCUT2D eigenvalue weighted by molar-refractivity contribution is 0.602. The van der Waals surface area contributed by atoms with Crippen molar-refractivity contribution in [1.82, 2.24) is 9.97 Å². The second-order valence-corrected chi connectivity index (χ2v) is 7.64. The number of aromatic nitrogens is 2. The van der Waals surface area contributed by atoms with Gasteiger partial charge in [-0.2, -0.15) is 0 Å². The number of rotatable bonds is 2. The number of nitrogen functional groups attached to an aromatic ring is 1. The summed E-state index contributed by atoms with van der Waals surface area (Å²) in [6.45, 7) is 0. The predicted octanol–water partition coefficient (Wildman–Crippen LogP) is 2.98.